The van der Waals surface area contributed by atoms with Crippen LogP contribution in [0.4, 0.5) is 0 Å². The Morgan fingerprint density at radius 3 is 2.56 bits per heavy atom. The number of benzene rings is 2. The molecule has 0 fully saturated rings. The molecule has 0 spiro atoms. The number of carboxylic acid groups (broad SMARTS) is 1. The first-order valence-corrected chi connectivity index (χ1v) is 11.0. The highest BCUT2D eigenvalue weighted by molar-refractivity contribution is 6.30. The summed E-state index contributed by atoms with van der Waals surface area (Å²) in [7, 11) is 3.44. The van der Waals surface area contributed by atoms with E-state index < -0.39 is 5.97 Å². The van der Waals surface area contributed by atoms with Gasteiger partial charge in [-0.25, -0.2) is 4.98 Å². The van der Waals surface area contributed by atoms with Crippen molar-refractivity contribution in [1.82, 2.24) is 14.5 Å². The lowest BCUT2D eigenvalue weighted by molar-refractivity contribution is -0.136. The summed E-state index contributed by atoms with van der Waals surface area (Å²) in [4.78, 5) is 20.1. The molecule has 0 unspecified atom stereocenters. The van der Waals surface area contributed by atoms with Crippen molar-refractivity contribution < 1.29 is 24.1 Å². The van der Waals surface area contributed by atoms with Gasteiger partial charge in [-0.05, 0) is 41.8 Å². The van der Waals surface area contributed by atoms with E-state index in [4.69, 9.17) is 30.9 Å². The zero-order valence-corrected chi connectivity index (χ0v) is 19.6. The Labute approximate surface area is 201 Å². The first-order valence-electron chi connectivity index (χ1n) is 10.6. The molecule has 0 bridgehead atoms. The SMILES string of the molecule is COc1ccc2nc(COc3ccc(CCC(=O)O)c(OCc4ccc(Cl)cc4)c3)n(C)c2n1. The summed E-state index contributed by atoms with van der Waals surface area (Å²) in [5.41, 5.74) is 3.19. The van der Waals surface area contributed by atoms with E-state index in [2.05, 4.69) is 9.97 Å². The Balaban J connectivity index is 1.51. The summed E-state index contributed by atoms with van der Waals surface area (Å²) in [5, 5.41) is 9.73. The average molecular weight is 482 g/mol. The zero-order chi connectivity index (χ0) is 24.1. The number of aliphatic carboxylic acids is 1. The van der Waals surface area contributed by atoms with Crippen molar-refractivity contribution in [3.05, 3.63) is 76.6 Å². The molecule has 1 N–H and O–H groups in total. The van der Waals surface area contributed by atoms with Gasteiger partial charge in [-0.15, -0.1) is 0 Å². The van der Waals surface area contributed by atoms with Crippen molar-refractivity contribution in [2.45, 2.75) is 26.1 Å². The molecule has 0 aliphatic rings. The predicted molar refractivity (Wildman–Crippen MR) is 128 cm³/mol. The number of carbonyl (C=O) groups is 1. The number of nitrogens with zero attached hydrogens (tertiary/aromatic N) is 3. The van der Waals surface area contributed by atoms with Gasteiger partial charge in [0.1, 0.15) is 36.1 Å². The monoisotopic (exact) mass is 481 g/mol. The molecule has 176 valence electrons. The molecule has 0 radical (unpaired) electrons. The highest BCUT2D eigenvalue weighted by atomic mass is 35.5. The molecule has 9 heteroatoms. The molecular formula is C25H24ClN3O5. The van der Waals surface area contributed by atoms with Gasteiger partial charge >= 0.3 is 5.97 Å². The number of aryl methyl sites for hydroxylation is 2. The van der Waals surface area contributed by atoms with E-state index in [1.165, 1.54) is 0 Å². The minimum atomic E-state index is -0.865. The number of aromatic nitrogens is 3. The summed E-state index contributed by atoms with van der Waals surface area (Å²) >= 11 is 5.95. The van der Waals surface area contributed by atoms with E-state index in [9.17, 15) is 4.79 Å². The molecule has 8 nitrogen and oxygen atoms in total. The average Bonchev–Trinajstić information content (AvgIpc) is 3.16. The maximum Gasteiger partial charge on any atom is 0.303 e. The number of pyridine rings is 1. The molecule has 2 aromatic carbocycles. The van der Waals surface area contributed by atoms with Crippen molar-refractivity contribution in [1.29, 1.82) is 0 Å². The van der Waals surface area contributed by atoms with Crippen molar-refractivity contribution >= 4 is 28.7 Å². The summed E-state index contributed by atoms with van der Waals surface area (Å²) in [6.07, 6.45) is 0.359. The number of halogens is 1. The Bertz CT molecular complexity index is 1300. The van der Waals surface area contributed by atoms with Crippen LogP contribution in [-0.2, 0) is 31.5 Å². The van der Waals surface area contributed by atoms with Crippen LogP contribution in [0.15, 0.2) is 54.6 Å². The molecule has 0 saturated heterocycles. The summed E-state index contributed by atoms with van der Waals surface area (Å²) in [5.74, 6) is 1.51. The van der Waals surface area contributed by atoms with Crippen LogP contribution < -0.4 is 14.2 Å². The van der Waals surface area contributed by atoms with Crippen LogP contribution in [0.2, 0.25) is 5.02 Å². The van der Waals surface area contributed by atoms with Gasteiger partial charge in [0.2, 0.25) is 5.88 Å². The number of hydrogen-bond donors (Lipinski definition) is 1. The molecule has 34 heavy (non-hydrogen) atoms. The molecule has 0 aliphatic carbocycles. The molecule has 4 rings (SSSR count). The third kappa shape index (κ3) is 5.58. The Kier molecular flexibility index (Phi) is 7.18. The van der Waals surface area contributed by atoms with Gasteiger partial charge in [-0.2, -0.15) is 4.98 Å². The maximum absolute atomic E-state index is 11.1. The molecule has 0 atom stereocenters. The lowest BCUT2D eigenvalue weighted by atomic mass is 10.1. The second-order valence-corrected chi connectivity index (χ2v) is 8.09. The molecule has 4 aromatic rings. The minimum Gasteiger partial charge on any atom is -0.488 e. The third-order valence-electron chi connectivity index (χ3n) is 5.31. The number of methoxy groups -OCH3 is 1. The third-order valence-corrected chi connectivity index (χ3v) is 5.57. The van der Waals surface area contributed by atoms with Crippen molar-refractivity contribution in [3.8, 4) is 17.4 Å². The van der Waals surface area contributed by atoms with Crippen molar-refractivity contribution in [2.24, 2.45) is 7.05 Å². The summed E-state index contributed by atoms with van der Waals surface area (Å²) in [6.45, 7) is 0.541. The van der Waals surface area contributed by atoms with Crippen LogP contribution in [0.1, 0.15) is 23.4 Å². The second-order valence-electron chi connectivity index (χ2n) is 7.65. The number of ether oxygens (including phenoxy) is 3. The van der Waals surface area contributed by atoms with Crippen LogP contribution in [0.5, 0.6) is 17.4 Å². The first kappa shape index (κ1) is 23.4. The van der Waals surface area contributed by atoms with Crippen LogP contribution in [-0.4, -0.2) is 32.7 Å². The second kappa shape index (κ2) is 10.4. The van der Waals surface area contributed by atoms with Gasteiger partial charge < -0.3 is 23.9 Å². The number of fused-ring (bicyclic) bond motifs is 1. The van der Waals surface area contributed by atoms with E-state index in [0.717, 1.165) is 16.6 Å². The van der Waals surface area contributed by atoms with E-state index in [-0.39, 0.29) is 13.0 Å². The summed E-state index contributed by atoms with van der Waals surface area (Å²) in [6, 6.07) is 16.4. The van der Waals surface area contributed by atoms with Crippen LogP contribution in [0.3, 0.4) is 0 Å². The van der Waals surface area contributed by atoms with Crippen molar-refractivity contribution in [2.75, 3.05) is 7.11 Å². The van der Waals surface area contributed by atoms with Gasteiger partial charge in [0.15, 0.2) is 5.65 Å². The van der Waals surface area contributed by atoms with Gasteiger partial charge in [0, 0.05) is 30.6 Å². The minimum absolute atomic E-state index is 0.00777. The maximum atomic E-state index is 11.1. The van der Waals surface area contributed by atoms with E-state index in [1.54, 1.807) is 37.4 Å². The fourth-order valence-corrected chi connectivity index (χ4v) is 3.56. The molecule has 0 amide bonds. The lowest BCUT2D eigenvalue weighted by Crippen LogP contribution is -2.05. The number of imidazole rings is 1. The number of rotatable bonds is 10. The van der Waals surface area contributed by atoms with Gasteiger partial charge in [-0.3, -0.25) is 4.79 Å². The number of hydrogen-bond acceptors (Lipinski definition) is 6. The van der Waals surface area contributed by atoms with Crippen LogP contribution >= 0.6 is 11.6 Å². The standard InChI is InChI=1S/C25H24ClN3O5/c1-29-22(27-20-10-11-23(32-2)28-25(20)29)15-33-19-9-5-17(6-12-24(30)31)21(13-19)34-14-16-3-7-18(26)8-4-16/h3-5,7-11,13H,6,12,14-15H2,1-2H3,(H,30,31). The Morgan fingerprint density at radius 1 is 1.03 bits per heavy atom. The van der Waals surface area contributed by atoms with Crippen LogP contribution in [0.25, 0.3) is 11.2 Å². The normalized spacial score (nSPS) is 10.9. The first-order chi connectivity index (χ1) is 16.4. The van der Waals surface area contributed by atoms with E-state index in [1.807, 2.05) is 35.9 Å². The lowest BCUT2D eigenvalue weighted by Gasteiger charge is -2.14. The van der Waals surface area contributed by atoms with Gasteiger partial charge in [-0.1, -0.05) is 29.8 Å². The molecule has 0 saturated carbocycles. The van der Waals surface area contributed by atoms with E-state index in [0.29, 0.717) is 46.9 Å². The molecular weight excluding hydrogens is 458 g/mol. The predicted octanol–water partition coefficient (Wildman–Crippen LogP) is 4.81. The fourth-order valence-electron chi connectivity index (χ4n) is 3.43. The Hall–Kier alpha value is -3.78. The Morgan fingerprint density at radius 2 is 1.82 bits per heavy atom. The molecule has 0 aliphatic heterocycles. The number of carboxylic acids is 1. The highest BCUT2D eigenvalue weighted by Crippen LogP contribution is 2.28. The quantitative estimate of drug-likeness (QED) is 0.347. The smallest absolute Gasteiger partial charge is 0.303 e. The van der Waals surface area contributed by atoms with E-state index >= 15 is 0 Å². The molecule has 2 aromatic heterocycles. The molecule has 2 heterocycles. The van der Waals surface area contributed by atoms with Gasteiger partial charge in [0.25, 0.3) is 0 Å². The van der Waals surface area contributed by atoms with Gasteiger partial charge in [0.05, 0.1) is 7.11 Å². The fraction of sp³-hybridized carbons (Fsp3) is 0.240. The largest absolute Gasteiger partial charge is 0.488 e. The summed E-state index contributed by atoms with van der Waals surface area (Å²) < 4.78 is 19.1. The zero-order valence-electron chi connectivity index (χ0n) is 18.8. The highest BCUT2D eigenvalue weighted by Gasteiger charge is 2.13. The van der Waals surface area contributed by atoms with Crippen molar-refractivity contribution in [3.63, 3.8) is 0 Å². The topological polar surface area (TPSA) is 95.7 Å². The van der Waals surface area contributed by atoms with Crippen LogP contribution in [0, 0.1) is 0 Å².